The van der Waals surface area contributed by atoms with Gasteiger partial charge in [0.1, 0.15) is 11.5 Å². The summed E-state index contributed by atoms with van der Waals surface area (Å²) in [5.74, 6) is 1.61. The van der Waals surface area contributed by atoms with Crippen LogP contribution in [0.5, 0.6) is 11.5 Å². The van der Waals surface area contributed by atoms with Crippen molar-refractivity contribution in [1.29, 1.82) is 0 Å². The third-order valence-corrected chi connectivity index (χ3v) is 5.86. The van der Waals surface area contributed by atoms with Crippen LogP contribution in [-0.4, -0.2) is 0 Å². The monoisotopic (exact) mass is 409 g/mol. The Bertz CT molecular complexity index is 710. The minimum Gasteiger partial charge on any atom is -0.455 e. The van der Waals surface area contributed by atoms with Crippen molar-refractivity contribution in [3.8, 4) is 11.5 Å². The maximum absolute atomic E-state index is 6.07. The molecule has 2 aromatic rings. The Balaban J connectivity index is 1.54. The highest BCUT2D eigenvalue weighted by molar-refractivity contribution is 5.55. The van der Waals surface area contributed by atoms with E-state index < -0.39 is 0 Å². The lowest BCUT2D eigenvalue weighted by atomic mass is 10.0. The van der Waals surface area contributed by atoms with Crippen LogP contribution in [0.1, 0.15) is 102 Å². The highest BCUT2D eigenvalue weighted by Gasteiger charge is 2.04. The van der Waals surface area contributed by atoms with E-state index in [-0.39, 0.29) is 0 Å². The summed E-state index contributed by atoms with van der Waals surface area (Å²) in [5, 5.41) is 0. The molecule has 0 fully saturated rings. The molecule has 0 aliphatic rings. The molecule has 0 saturated carbocycles. The lowest BCUT2D eigenvalue weighted by Gasteiger charge is -2.10. The zero-order valence-corrected chi connectivity index (χ0v) is 19.4. The zero-order chi connectivity index (χ0) is 21.4. The minimum absolute atomic E-state index is 0.692. The van der Waals surface area contributed by atoms with Crippen molar-refractivity contribution >= 4 is 5.69 Å². The van der Waals surface area contributed by atoms with Crippen LogP contribution in [0.2, 0.25) is 0 Å². The van der Waals surface area contributed by atoms with Crippen LogP contribution >= 0.6 is 0 Å². The van der Waals surface area contributed by atoms with Gasteiger partial charge in [-0.05, 0) is 55.2 Å². The number of unbranched alkanes of at least 4 members (excludes halogenated alkanes) is 12. The first-order valence-electron chi connectivity index (χ1n) is 12.3. The Morgan fingerprint density at radius 3 is 1.90 bits per heavy atom. The van der Waals surface area contributed by atoms with Gasteiger partial charge in [-0.1, -0.05) is 102 Å². The smallest absolute Gasteiger partial charge is 0.150 e. The van der Waals surface area contributed by atoms with Gasteiger partial charge in [0, 0.05) is 0 Å². The molecular weight excluding hydrogens is 366 g/mol. The zero-order valence-electron chi connectivity index (χ0n) is 19.4. The van der Waals surface area contributed by atoms with Crippen molar-refractivity contribution in [2.24, 2.45) is 0 Å². The molecule has 2 aromatic carbocycles. The number of hydrogen-bond acceptors (Lipinski definition) is 2. The normalized spacial score (nSPS) is 11.0. The molecular formula is C28H43NO. The molecule has 2 nitrogen and oxygen atoms in total. The van der Waals surface area contributed by atoms with E-state index in [1.807, 2.05) is 31.2 Å². The van der Waals surface area contributed by atoms with E-state index in [0.29, 0.717) is 5.69 Å². The molecule has 0 aliphatic carbocycles. The molecule has 30 heavy (non-hydrogen) atoms. The van der Waals surface area contributed by atoms with Crippen LogP contribution in [0, 0.1) is 6.92 Å². The van der Waals surface area contributed by atoms with Gasteiger partial charge < -0.3 is 10.5 Å². The first kappa shape index (κ1) is 24.3. The molecule has 166 valence electrons. The maximum atomic E-state index is 6.07. The summed E-state index contributed by atoms with van der Waals surface area (Å²) >= 11 is 0. The van der Waals surface area contributed by atoms with Gasteiger partial charge in [-0.2, -0.15) is 0 Å². The summed E-state index contributed by atoms with van der Waals surface area (Å²) in [4.78, 5) is 0. The molecule has 0 spiro atoms. The number of nitrogens with two attached hydrogens (primary N) is 1. The number of anilines is 1. The third-order valence-electron chi connectivity index (χ3n) is 5.86. The second-order valence-corrected chi connectivity index (χ2v) is 8.78. The second-order valence-electron chi connectivity index (χ2n) is 8.78. The van der Waals surface area contributed by atoms with Crippen LogP contribution in [0.4, 0.5) is 5.69 Å². The van der Waals surface area contributed by atoms with E-state index in [9.17, 15) is 0 Å². The van der Waals surface area contributed by atoms with Crippen LogP contribution < -0.4 is 10.5 Å². The topological polar surface area (TPSA) is 35.2 Å². The van der Waals surface area contributed by atoms with E-state index in [0.717, 1.165) is 23.5 Å². The number of benzene rings is 2. The number of rotatable bonds is 16. The van der Waals surface area contributed by atoms with Crippen LogP contribution in [0.25, 0.3) is 0 Å². The van der Waals surface area contributed by atoms with Crippen LogP contribution in [0.15, 0.2) is 42.5 Å². The first-order valence-corrected chi connectivity index (χ1v) is 12.3. The van der Waals surface area contributed by atoms with Crippen molar-refractivity contribution in [3.63, 3.8) is 0 Å². The summed E-state index contributed by atoms with van der Waals surface area (Å²) in [6.07, 6.45) is 19.3. The summed E-state index contributed by atoms with van der Waals surface area (Å²) in [6.45, 7) is 4.32. The van der Waals surface area contributed by atoms with Gasteiger partial charge in [-0.3, -0.25) is 0 Å². The highest BCUT2D eigenvalue weighted by atomic mass is 16.5. The Kier molecular flexibility index (Phi) is 12.1. The van der Waals surface area contributed by atoms with Crippen molar-refractivity contribution in [1.82, 2.24) is 0 Å². The quantitative estimate of drug-likeness (QED) is 0.222. The molecule has 0 heterocycles. The molecule has 2 heteroatoms. The molecule has 0 bridgehead atoms. The SMILES string of the molecule is CCCCCCCCCCCCCCCc1cccc(Oc2ccc(C)cc2N)c1. The highest BCUT2D eigenvalue weighted by Crippen LogP contribution is 2.28. The minimum atomic E-state index is 0.692. The summed E-state index contributed by atoms with van der Waals surface area (Å²) in [7, 11) is 0. The molecule has 0 radical (unpaired) electrons. The molecule has 2 rings (SSSR count). The standard InChI is InChI=1S/C28H43NO/c1-3-4-5-6-7-8-9-10-11-12-13-14-15-17-25-18-16-19-26(23-25)30-28-21-20-24(2)22-27(28)29/h16,18-23H,3-15,17,29H2,1-2H3. The van der Waals surface area contributed by atoms with Gasteiger partial charge in [-0.15, -0.1) is 0 Å². The molecule has 0 atom stereocenters. The molecule has 0 aromatic heterocycles. The van der Waals surface area contributed by atoms with Crippen LogP contribution in [0.3, 0.4) is 0 Å². The fourth-order valence-electron chi connectivity index (χ4n) is 4.00. The fourth-order valence-corrected chi connectivity index (χ4v) is 4.00. The Morgan fingerprint density at radius 2 is 1.30 bits per heavy atom. The number of nitrogen functional groups attached to an aromatic ring is 1. The van der Waals surface area contributed by atoms with E-state index in [2.05, 4.69) is 25.1 Å². The molecule has 0 saturated heterocycles. The van der Waals surface area contributed by atoms with Crippen molar-refractivity contribution in [3.05, 3.63) is 53.6 Å². The molecule has 0 amide bonds. The summed E-state index contributed by atoms with van der Waals surface area (Å²) in [5.41, 5.74) is 9.26. The Morgan fingerprint density at radius 1 is 0.700 bits per heavy atom. The van der Waals surface area contributed by atoms with Crippen molar-refractivity contribution in [2.75, 3.05) is 5.73 Å². The van der Waals surface area contributed by atoms with Crippen molar-refractivity contribution < 1.29 is 4.74 Å². The Labute approximate surface area is 185 Å². The van der Waals surface area contributed by atoms with E-state index >= 15 is 0 Å². The molecule has 2 N–H and O–H groups in total. The number of ether oxygens (including phenoxy) is 1. The van der Waals surface area contributed by atoms with Gasteiger partial charge in [0.15, 0.2) is 0 Å². The summed E-state index contributed by atoms with van der Waals surface area (Å²) in [6, 6.07) is 14.4. The van der Waals surface area contributed by atoms with E-state index in [1.54, 1.807) is 0 Å². The maximum Gasteiger partial charge on any atom is 0.150 e. The van der Waals surface area contributed by atoms with Gasteiger partial charge in [0.05, 0.1) is 5.69 Å². The number of hydrogen-bond donors (Lipinski definition) is 1. The van der Waals surface area contributed by atoms with E-state index in [1.165, 1.54) is 89.0 Å². The number of aryl methyl sites for hydroxylation is 2. The van der Waals surface area contributed by atoms with Gasteiger partial charge in [0.2, 0.25) is 0 Å². The average molecular weight is 410 g/mol. The third kappa shape index (κ3) is 10.2. The lowest BCUT2D eigenvalue weighted by Crippen LogP contribution is -1.93. The first-order chi connectivity index (χ1) is 14.7. The van der Waals surface area contributed by atoms with Gasteiger partial charge >= 0.3 is 0 Å². The average Bonchev–Trinajstić information content (AvgIpc) is 2.74. The van der Waals surface area contributed by atoms with Gasteiger partial charge in [-0.25, -0.2) is 0 Å². The van der Waals surface area contributed by atoms with E-state index in [4.69, 9.17) is 10.5 Å². The van der Waals surface area contributed by atoms with Crippen molar-refractivity contribution in [2.45, 2.75) is 104 Å². The lowest BCUT2D eigenvalue weighted by molar-refractivity contribution is 0.484. The van der Waals surface area contributed by atoms with Gasteiger partial charge in [0.25, 0.3) is 0 Å². The second kappa shape index (κ2) is 14.9. The largest absolute Gasteiger partial charge is 0.455 e. The fraction of sp³-hybridized carbons (Fsp3) is 0.571. The molecule has 0 unspecified atom stereocenters. The Hall–Kier alpha value is -1.96. The van der Waals surface area contributed by atoms with Crippen LogP contribution in [-0.2, 0) is 6.42 Å². The predicted octanol–water partition coefficient (Wildman–Crippen LogP) is 9.00. The summed E-state index contributed by atoms with van der Waals surface area (Å²) < 4.78 is 6.00. The molecule has 0 aliphatic heterocycles. The predicted molar refractivity (Wildman–Crippen MR) is 132 cm³/mol.